The van der Waals surface area contributed by atoms with E-state index in [1.165, 1.54) is 11.1 Å². The van der Waals surface area contributed by atoms with Crippen molar-refractivity contribution in [3.63, 3.8) is 0 Å². The average molecular weight is 391 g/mol. The van der Waals surface area contributed by atoms with Gasteiger partial charge < -0.3 is 14.5 Å². The molecule has 20 heavy (non-hydrogen) atoms. The maximum Gasteiger partial charge on any atom is 0.195 e. The van der Waals surface area contributed by atoms with Crippen LogP contribution in [0.2, 0.25) is 0 Å². The smallest absolute Gasteiger partial charge is 0.195 e. The number of nitrogens with zero attached hydrogens (tertiary/aromatic N) is 3. The van der Waals surface area contributed by atoms with E-state index < -0.39 is 0 Å². The van der Waals surface area contributed by atoms with Gasteiger partial charge in [-0.05, 0) is 25.0 Å². The lowest BCUT2D eigenvalue weighted by Gasteiger charge is -2.22. The number of rotatable bonds is 4. The molecule has 0 bridgehead atoms. The lowest BCUT2D eigenvalue weighted by atomic mass is 10.1. The van der Waals surface area contributed by atoms with Gasteiger partial charge in [0.2, 0.25) is 0 Å². The van der Waals surface area contributed by atoms with Crippen LogP contribution in [0.3, 0.4) is 0 Å². The van der Waals surface area contributed by atoms with E-state index in [1.54, 1.807) is 0 Å². The molecule has 0 unspecified atom stereocenters. The van der Waals surface area contributed by atoms with Crippen molar-refractivity contribution in [2.75, 3.05) is 41.3 Å². The number of hydrogen-bond acceptors (Lipinski definition) is 2. The van der Waals surface area contributed by atoms with Crippen molar-refractivity contribution in [3.8, 4) is 5.75 Å². The van der Waals surface area contributed by atoms with Crippen molar-refractivity contribution in [3.05, 3.63) is 29.3 Å². The minimum atomic E-state index is 0. The molecular formula is C15H26IN3O. The van der Waals surface area contributed by atoms with Gasteiger partial charge in [-0.2, -0.15) is 0 Å². The van der Waals surface area contributed by atoms with Crippen LogP contribution in [0.15, 0.2) is 23.2 Å². The molecule has 0 atom stereocenters. The molecule has 0 saturated carbocycles. The molecule has 0 radical (unpaired) electrons. The van der Waals surface area contributed by atoms with Gasteiger partial charge in [0.1, 0.15) is 12.4 Å². The Bertz CT molecular complexity index is 414. The van der Waals surface area contributed by atoms with Crippen LogP contribution in [-0.2, 0) is 0 Å². The van der Waals surface area contributed by atoms with Crippen molar-refractivity contribution in [1.82, 2.24) is 9.80 Å². The predicted octanol–water partition coefficient (Wildman–Crippen LogP) is 2.78. The van der Waals surface area contributed by atoms with Gasteiger partial charge in [-0.25, -0.2) is 4.99 Å². The van der Waals surface area contributed by atoms with Crippen molar-refractivity contribution in [1.29, 1.82) is 0 Å². The van der Waals surface area contributed by atoms with E-state index in [2.05, 4.69) is 31.0 Å². The topological polar surface area (TPSA) is 28.1 Å². The first-order valence-corrected chi connectivity index (χ1v) is 6.51. The Morgan fingerprint density at radius 1 is 1.05 bits per heavy atom. The Kier molecular flexibility index (Phi) is 8.60. The molecule has 0 amide bonds. The molecule has 0 spiro atoms. The van der Waals surface area contributed by atoms with Gasteiger partial charge in [0, 0.05) is 28.2 Å². The zero-order chi connectivity index (χ0) is 14.4. The summed E-state index contributed by atoms with van der Waals surface area (Å²) in [6.45, 7) is 5.38. The molecule has 114 valence electrons. The number of hydrogen-bond donors (Lipinski definition) is 0. The largest absolute Gasteiger partial charge is 0.491 e. The van der Waals surface area contributed by atoms with Crippen LogP contribution in [0.4, 0.5) is 0 Å². The third-order valence-electron chi connectivity index (χ3n) is 2.80. The lowest BCUT2D eigenvalue weighted by molar-refractivity contribution is 0.322. The molecule has 0 heterocycles. The number of aliphatic imine (C=N–C) groups is 1. The van der Waals surface area contributed by atoms with Gasteiger partial charge >= 0.3 is 0 Å². The second-order valence-electron chi connectivity index (χ2n) is 5.04. The number of para-hydroxylation sites is 1. The summed E-state index contributed by atoms with van der Waals surface area (Å²) in [5.74, 6) is 1.93. The predicted molar refractivity (Wildman–Crippen MR) is 96.5 cm³/mol. The van der Waals surface area contributed by atoms with Gasteiger partial charge in [-0.15, -0.1) is 24.0 Å². The summed E-state index contributed by atoms with van der Waals surface area (Å²) < 4.78 is 5.83. The highest BCUT2D eigenvalue weighted by Crippen LogP contribution is 2.21. The maximum atomic E-state index is 5.83. The highest BCUT2D eigenvalue weighted by molar-refractivity contribution is 14.0. The molecule has 4 nitrogen and oxygen atoms in total. The van der Waals surface area contributed by atoms with E-state index in [0.717, 1.165) is 11.7 Å². The molecule has 0 aliphatic heterocycles. The fourth-order valence-corrected chi connectivity index (χ4v) is 2.00. The maximum absolute atomic E-state index is 5.83. The Morgan fingerprint density at radius 2 is 1.55 bits per heavy atom. The minimum absolute atomic E-state index is 0. The van der Waals surface area contributed by atoms with Crippen molar-refractivity contribution in [2.24, 2.45) is 4.99 Å². The molecule has 0 aliphatic rings. The molecule has 0 aromatic heterocycles. The van der Waals surface area contributed by atoms with Gasteiger partial charge in [0.15, 0.2) is 5.96 Å². The van der Waals surface area contributed by atoms with E-state index in [9.17, 15) is 0 Å². The van der Waals surface area contributed by atoms with Crippen LogP contribution < -0.4 is 4.74 Å². The molecule has 0 saturated heterocycles. The zero-order valence-electron chi connectivity index (χ0n) is 13.3. The van der Waals surface area contributed by atoms with Crippen LogP contribution in [-0.4, -0.2) is 57.1 Å². The molecule has 1 aromatic carbocycles. The summed E-state index contributed by atoms with van der Waals surface area (Å²) in [6.07, 6.45) is 0. The summed E-state index contributed by atoms with van der Waals surface area (Å²) in [5, 5.41) is 0. The van der Waals surface area contributed by atoms with Crippen molar-refractivity contribution >= 4 is 29.9 Å². The SMILES string of the molecule is Cc1cccc(C)c1OCCN=C(N(C)C)N(C)C.I. The van der Waals surface area contributed by atoms with Gasteiger partial charge in [0.25, 0.3) is 0 Å². The normalized spacial score (nSPS) is 9.50. The zero-order valence-corrected chi connectivity index (χ0v) is 15.6. The summed E-state index contributed by atoms with van der Waals surface area (Å²) >= 11 is 0. The quantitative estimate of drug-likeness (QED) is 0.342. The fraction of sp³-hybridized carbons (Fsp3) is 0.533. The Hall–Kier alpha value is -0.980. The monoisotopic (exact) mass is 391 g/mol. The van der Waals surface area contributed by atoms with E-state index in [-0.39, 0.29) is 24.0 Å². The van der Waals surface area contributed by atoms with Crippen LogP contribution in [0.5, 0.6) is 5.75 Å². The number of benzene rings is 1. The first-order chi connectivity index (χ1) is 8.93. The molecular weight excluding hydrogens is 365 g/mol. The Labute approximate surface area is 139 Å². The fourth-order valence-electron chi connectivity index (χ4n) is 2.00. The summed E-state index contributed by atoms with van der Waals surface area (Å²) in [5.41, 5.74) is 2.34. The summed E-state index contributed by atoms with van der Waals surface area (Å²) in [6, 6.07) is 6.18. The first kappa shape index (κ1) is 19.0. The van der Waals surface area contributed by atoms with E-state index in [0.29, 0.717) is 13.2 Å². The molecule has 1 aromatic rings. The average Bonchev–Trinajstić information content (AvgIpc) is 2.31. The van der Waals surface area contributed by atoms with E-state index in [1.807, 2.05) is 44.1 Å². The second-order valence-corrected chi connectivity index (χ2v) is 5.04. The minimum Gasteiger partial charge on any atom is -0.491 e. The third kappa shape index (κ3) is 5.56. The Morgan fingerprint density at radius 3 is 2.00 bits per heavy atom. The molecule has 0 N–H and O–H groups in total. The first-order valence-electron chi connectivity index (χ1n) is 6.51. The molecule has 0 fully saturated rings. The standard InChI is InChI=1S/C15H25N3O.HI/c1-12-8-7-9-13(2)14(12)19-11-10-16-15(17(3)4)18(5)6;/h7-9H,10-11H2,1-6H3;1H. The van der Waals surface area contributed by atoms with Gasteiger partial charge in [0.05, 0.1) is 6.54 Å². The van der Waals surface area contributed by atoms with Gasteiger partial charge in [-0.1, -0.05) is 18.2 Å². The number of guanidine groups is 1. The van der Waals surface area contributed by atoms with E-state index in [4.69, 9.17) is 4.74 Å². The highest BCUT2D eigenvalue weighted by Gasteiger charge is 2.05. The number of halogens is 1. The molecule has 1 rings (SSSR count). The molecule has 5 heteroatoms. The highest BCUT2D eigenvalue weighted by atomic mass is 127. The summed E-state index contributed by atoms with van der Waals surface area (Å²) in [4.78, 5) is 8.54. The van der Waals surface area contributed by atoms with E-state index >= 15 is 0 Å². The molecule has 0 aliphatic carbocycles. The van der Waals surface area contributed by atoms with Crippen LogP contribution in [0.1, 0.15) is 11.1 Å². The van der Waals surface area contributed by atoms with Crippen LogP contribution >= 0.6 is 24.0 Å². The van der Waals surface area contributed by atoms with Crippen LogP contribution in [0.25, 0.3) is 0 Å². The van der Waals surface area contributed by atoms with Gasteiger partial charge in [-0.3, -0.25) is 0 Å². The third-order valence-corrected chi connectivity index (χ3v) is 2.80. The second kappa shape index (κ2) is 9.05. The number of aryl methyl sites for hydroxylation is 2. The number of ether oxygens (including phenoxy) is 1. The Balaban J connectivity index is 0.00000361. The van der Waals surface area contributed by atoms with Crippen molar-refractivity contribution in [2.45, 2.75) is 13.8 Å². The lowest BCUT2D eigenvalue weighted by Crippen LogP contribution is -2.35. The van der Waals surface area contributed by atoms with Crippen molar-refractivity contribution < 1.29 is 4.74 Å². The summed E-state index contributed by atoms with van der Waals surface area (Å²) in [7, 11) is 7.97. The van der Waals surface area contributed by atoms with Crippen LogP contribution in [0, 0.1) is 13.8 Å².